The van der Waals surface area contributed by atoms with Crippen molar-refractivity contribution in [3.05, 3.63) is 52.6 Å². The fourth-order valence-electron chi connectivity index (χ4n) is 7.25. The average molecular weight is 430 g/mol. The molecule has 1 unspecified atom stereocenters. The van der Waals surface area contributed by atoms with Crippen LogP contribution in [0, 0.1) is 29.1 Å². The van der Waals surface area contributed by atoms with Crippen LogP contribution in [0.3, 0.4) is 0 Å². The topological polar surface area (TPSA) is 40.5 Å². The molecule has 5 atom stereocenters. The lowest BCUT2D eigenvalue weighted by Gasteiger charge is -2.50. The van der Waals surface area contributed by atoms with E-state index in [-0.39, 0.29) is 17.1 Å². The van der Waals surface area contributed by atoms with Crippen LogP contribution in [-0.2, 0) is 4.79 Å². The molecule has 2 saturated carbocycles. The highest BCUT2D eigenvalue weighted by Crippen LogP contribution is 2.63. The Morgan fingerprint density at radius 3 is 2.53 bits per heavy atom. The van der Waals surface area contributed by atoms with Gasteiger partial charge < -0.3 is 10.0 Å². The molecule has 32 heavy (non-hydrogen) atoms. The van der Waals surface area contributed by atoms with Gasteiger partial charge in [-0.1, -0.05) is 30.6 Å². The third-order valence-corrected chi connectivity index (χ3v) is 9.14. The molecule has 0 bridgehead atoms. The maximum Gasteiger partial charge on any atom is 0.163 e. The molecular formula is C29H35NO2. The van der Waals surface area contributed by atoms with Gasteiger partial charge in [-0.25, -0.2) is 0 Å². The van der Waals surface area contributed by atoms with Gasteiger partial charge in [-0.05, 0) is 98.6 Å². The summed E-state index contributed by atoms with van der Waals surface area (Å²) < 4.78 is 0. The standard InChI is InChI=1S/C29H35NO2/c1-5-14-29(32)16-13-26-23-11-8-20-17-27(31)25(19-6-9-21(10-7-19)30(3)4)18-24(20)22(23)12-15-28(26,29)2/h6-7,9-10,17,23,25-26,32H,8,11-13,15-16,18H2,1-4H3/t23-,25?,26+,28+,29-/m1/s1. The van der Waals surface area contributed by atoms with Crippen LogP contribution in [0.2, 0.25) is 0 Å². The average Bonchev–Trinajstić information content (AvgIpc) is 3.04. The lowest BCUT2D eigenvalue weighted by Crippen LogP contribution is -2.49. The van der Waals surface area contributed by atoms with Gasteiger partial charge in [0, 0.05) is 25.2 Å². The summed E-state index contributed by atoms with van der Waals surface area (Å²) in [4.78, 5) is 15.2. The van der Waals surface area contributed by atoms with E-state index in [0.717, 1.165) is 56.2 Å². The fraction of sp³-hybridized carbons (Fsp3) is 0.552. The van der Waals surface area contributed by atoms with Crippen LogP contribution in [0.1, 0.15) is 70.3 Å². The van der Waals surface area contributed by atoms with Crippen molar-refractivity contribution in [3.8, 4) is 11.8 Å². The van der Waals surface area contributed by atoms with Crippen LogP contribution in [-0.4, -0.2) is 30.6 Å². The smallest absolute Gasteiger partial charge is 0.163 e. The van der Waals surface area contributed by atoms with Gasteiger partial charge in [0.05, 0.1) is 5.92 Å². The number of carbonyl (C=O) groups is 1. The van der Waals surface area contributed by atoms with Crippen LogP contribution < -0.4 is 4.90 Å². The van der Waals surface area contributed by atoms with Crippen LogP contribution in [0.25, 0.3) is 0 Å². The fourth-order valence-corrected chi connectivity index (χ4v) is 7.25. The molecule has 0 heterocycles. The predicted molar refractivity (Wildman–Crippen MR) is 129 cm³/mol. The van der Waals surface area contributed by atoms with E-state index in [0.29, 0.717) is 11.8 Å². The van der Waals surface area contributed by atoms with Crippen molar-refractivity contribution in [2.45, 2.75) is 70.3 Å². The zero-order valence-electron chi connectivity index (χ0n) is 19.9. The van der Waals surface area contributed by atoms with E-state index in [9.17, 15) is 9.90 Å². The molecule has 4 aliphatic rings. The Balaban J connectivity index is 1.48. The highest BCUT2D eigenvalue weighted by Gasteiger charge is 2.60. The van der Waals surface area contributed by atoms with Gasteiger partial charge in [0.1, 0.15) is 5.60 Å². The second kappa shape index (κ2) is 7.63. The summed E-state index contributed by atoms with van der Waals surface area (Å²) >= 11 is 0. The monoisotopic (exact) mass is 429 g/mol. The SMILES string of the molecule is CC#C[C@@]1(O)CC[C@H]2[C@@H]3CCC4=CC(=O)C(c5ccc(N(C)C)cc5)CC4=C3CC[C@@]21C. The number of aliphatic hydroxyl groups is 1. The second-order valence-electron chi connectivity index (χ2n) is 10.8. The molecule has 0 spiro atoms. The molecule has 3 nitrogen and oxygen atoms in total. The first-order chi connectivity index (χ1) is 15.3. The van der Waals surface area contributed by atoms with Crippen molar-refractivity contribution in [2.75, 3.05) is 19.0 Å². The molecule has 0 amide bonds. The normalized spacial score (nSPS) is 35.8. The zero-order chi connectivity index (χ0) is 22.7. The van der Waals surface area contributed by atoms with Gasteiger partial charge >= 0.3 is 0 Å². The summed E-state index contributed by atoms with van der Waals surface area (Å²) in [5, 5.41) is 11.4. The van der Waals surface area contributed by atoms with Crippen LogP contribution in [0.5, 0.6) is 0 Å². The molecule has 4 aliphatic carbocycles. The number of anilines is 1. The lowest BCUT2D eigenvalue weighted by atomic mass is 9.55. The summed E-state index contributed by atoms with van der Waals surface area (Å²) in [6.45, 7) is 4.12. The number of hydrogen-bond donors (Lipinski definition) is 1. The molecule has 1 aromatic rings. The van der Waals surface area contributed by atoms with Crippen LogP contribution in [0.15, 0.2) is 47.1 Å². The largest absolute Gasteiger partial charge is 0.378 e. The number of ketones is 1. The summed E-state index contributed by atoms with van der Waals surface area (Å²) in [5.41, 5.74) is 5.63. The number of fused-ring (bicyclic) bond motifs is 4. The first-order valence-corrected chi connectivity index (χ1v) is 12.2. The van der Waals surface area contributed by atoms with Crippen molar-refractivity contribution >= 4 is 11.5 Å². The van der Waals surface area contributed by atoms with Crippen LogP contribution >= 0.6 is 0 Å². The molecule has 0 radical (unpaired) electrons. The van der Waals surface area contributed by atoms with E-state index in [1.54, 1.807) is 5.57 Å². The Bertz CT molecular complexity index is 1070. The third-order valence-electron chi connectivity index (χ3n) is 9.14. The maximum atomic E-state index is 13.1. The molecule has 0 aromatic heterocycles. The van der Waals surface area contributed by atoms with E-state index in [1.807, 2.05) is 27.1 Å². The Morgan fingerprint density at radius 1 is 1.09 bits per heavy atom. The first kappa shape index (κ1) is 21.5. The Kier molecular flexibility index (Phi) is 5.13. The number of rotatable bonds is 2. The molecule has 0 saturated heterocycles. The van der Waals surface area contributed by atoms with Gasteiger partial charge in [-0.15, -0.1) is 5.92 Å². The van der Waals surface area contributed by atoms with E-state index in [4.69, 9.17) is 0 Å². The van der Waals surface area contributed by atoms with Crippen molar-refractivity contribution in [2.24, 2.45) is 17.3 Å². The Labute approximate surface area is 192 Å². The van der Waals surface area contributed by atoms with Gasteiger partial charge in [0.15, 0.2) is 5.78 Å². The molecule has 1 N–H and O–H groups in total. The third kappa shape index (κ3) is 3.11. The van der Waals surface area contributed by atoms with Gasteiger partial charge in [-0.2, -0.15) is 0 Å². The van der Waals surface area contributed by atoms with Crippen molar-refractivity contribution < 1.29 is 9.90 Å². The number of benzene rings is 1. The molecule has 0 aliphatic heterocycles. The van der Waals surface area contributed by atoms with E-state index >= 15 is 0 Å². The molecule has 5 rings (SSSR count). The zero-order valence-corrected chi connectivity index (χ0v) is 19.9. The minimum Gasteiger partial charge on any atom is -0.378 e. The molecule has 168 valence electrons. The molecular weight excluding hydrogens is 394 g/mol. The summed E-state index contributed by atoms with van der Waals surface area (Å²) in [6.07, 6.45) is 8.74. The van der Waals surface area contributed by atoms with E-state index < -0.39 is 5.60 Å². The van der Waals surface area contributed by atoms with Gasteiger partial charge in [0.2, 0.25) is 0 Å². The second-order valence-corrected chi connectivity index (χ2v) is 10.8. The summed E-state index contributed by atoms with van der Waals surface area (Å²) in [6, 6.07) is 8.48. The number of hydrogen-bond acceptors (Lipinski definition) is 3. The Hall–Kier alpha value is -2.31. The van der Waals surface area contributed by atoms with Gasteiger partial charge in [0.25, 0.3) is 0 Å². The number of allylic oxidation sites excluding steroid dienone is 4. The van der Waals surface area contributed by atoms with Crippen LogP contribution in [0.4, 0.5) is 5.69 Å². The number of nitrogens with zero attached hydrogens (tertiary/aromatic N) is 1. The highest BCUT2D eigenvalue weighted by molar-refractivity contribution is 5.98. The lowest BCUT2D eigenvalue weighted by molar-refractivity contribution is -0.116. The number of carbonyl (C=O) groups excluding carboxylic acids is 1. The van der Waals surface area contributed by atoms with Gasteiger partial charge in [-0.3, -0.25) is 4.79 Å². The first-order valence-electron chi connectivity index (χ1n) is 12.2. The molecule has 1 aromatic carbocycles. The quantitative estimate of drug-likeness (QED) is 0.640. The summed E-state index contributed by atoms with van der Waals surface area (Å²) in [5.74, 6) is 7.39. The van der Waals surface area contributed by atoms with Crippen molar-refractivity contribution in [1.29, 1.82) is 0 Å². The minimum absolute atomic E-state index is 0.0732. The summed E-state index contributed by atoms with van der Waals surface area (Å²) in [7, 11) is 4.08. The van der Waals surface area contributed by atoms with E-state index in [2.05, 4.69) is 47.9 Å². The Morgan fingerprint density at radius 2 is 1.84 bits per heavy atom. The maximum absolute atomic E-state index is 13.1. The predicted octanol–water partition coefficient (Wildman–Crippen LogP) is 5.41. The van der Waals surface area contributed by atoms with Crippen molar-refractivity contribution in [1.82, 2.24) is 0 Å². The minimum atomic E-state index is -0.849. The molecule has 3 heteroatoms. The van der Waals surface area contributed by atoms with E-state index in [1.165, 1.54) is 11.1 Å². The highest BCUT2D eigenvalue weighted by atomic mass is 16.3. The van der Waals surface area contributed by atoms with Crippen molar-refractivity contribution in [3.63, 3.8) is 0 Å². The molecule has 2 fully saturated rings.